The second-order valence-electron chi connectivity index (χ2n) is 9.45. The van der Waals surface area contributed by atoms with Gasteiger partial charge in [-0.2, -0.15) is 0 Å². The first-order valence-electron chi connectivity index (χ1n) is 12.6. The number of benzene rings is 3. The van der Waals surface area contributed by atoms with Crippen LogP contribution in [-0.2, 0) is 26.2 Å². The largest absolute Gasteiger partial charge is 0.352 e. The third-order valence-electron chi connectivity index (χ3n) is 6.41. The molecule has 0 heterocycles. The number of hydrogen-bond acceptors (Lipinski definition) is 4. The van der Waals surface area contributed by atoms with E-state index in [0.29, 0.717) is 5.69 Å². The Morgan fingerprint density at radius 3 is 2.15 bits per heavy atom. The molecule has 0 aliphatic rings. The predicted octanol–water partition coefficient (Wildman–Crippen LogP) is 6.05. The van der Waals surface area contributed by atoms with Gasteiger partial charge in [0.15, 0.2) is 0 Å². The number of carbonyl (C=O) groups excluding carboxylic acids is 2. The molecule has 3 rings (SSSR count). The summed E-state index contributed by atoms with van der Waals surface area (Å²) in [7, 11) is -4.10. The first kappa shape index (κ1) is 30.8. The van der Waals surface area contributed by atoms with Gasteiger partial charge in [-0.25, -0.2) is 8.42 Å². The van der Waals surface area contributed by atoms with Crippen LogP contribution >= 0.6 is 31.9 Å². The van der Waals surface area contributed by atoms with Crippen LogP contribution in [-0.4, -0.2) is 43.8 Å². The normalized spacial score (nSPS) is 12.9. The summed E-state index contributed by atoms with van der Waals surface area (Å²) in [5, 5.41) is 2.94. The second kappa shape index (κ2) is 13.6. The molecule has 2 amide bonds. The first-order chi connectivity index (χ1) is 18.4. The number of nitrogens with one attached hydrogen (secondary N) is 1. The molecule has 3 aromatic rings. The molecule has 39 heavy (non-hydrogen) atoms. The van der Waals surface area contributed by atoms with Crippen LogP contribution in [0.3, 0.4) is 0 Å². The Labute approximate surface area is 247 Å². The van der Waals surface area contributed by atoms with Gasteiger partial charge >= 0.3 is 0 Å². The van der Waals surface area contributed by atoms with Gasteiger partial charge in [-0.05, 0) is 81.3 Å². The summed E-state index contributed by atoms with van der Waals surface area (Å²) in [6.07, 6.45) is 0.740. The monoisotopic (exact) mass is 677 g/mol. The molecule has 0 fully saturated rings. The average Bonchev–Trinajstić information content (AvgIpc) is 2.90. The molecular formula is C29H33Br2N3O4S. The smallest absolute Gasteiger partial charge is 0.264 e. The van der Waals surface area contributed by atoms with Crippen molar-refractivity contribution in [1.82, 2.24) is 10.2 Å². The van der Waals surface area contributed by atoms with E-state index in [1.165, 1.54) is 17.0 Å². The van der Waals surface area contributed by atoms with Crippen LogP contribution in [0.15, 0.2) is 86.6 Å². The number of nitrogens with zero attached hydrogens (tertiary/aromatic N) is 2. The molecule has 0 unspecified atom stereocenters. The number of rotatable bonds is 11. The number of carbonyl (C=O) groups is 2. The maximum atomic E-state index is 13.9. The van der Waals surface area contributed by atoms with Gasteiger partial charge in [-0.1, -0.05) is 68.6 Å². The predicted molar refractivity (Wildman–Crippen MR) is 162 cm³/mol. The van der Waals surface area contributed by atoms with Gasteiger partial charge in [0.1, 0.15) is 12.6 Å². The molecule has 0 radical (unpaired) electrons. The molecule has 0 aliphatic heterocycles. The highest BCUT2D eigenvalue weighted by Crippen LogP contribution is 2.26. The van der Waals surface area contributed by atoms with E-state index in [0.717, 1.165) is 30.8 Å². The second-order valence-corrected chi connectivity index (χ2v) is 13.1. The Bertz CT molecular complexity index is 1400. The minimum atomic E-state index is -4.10. The van der Waals surface area contributed by atoms with E-state index in [2.05, 4.69) is 37.2 Å². The zero-order chi connectivity index (χ0) is 28.7. The molecule has 0 aliphatic carbocycles. The number of amides is 2. The zero-order valence-electron chi connectivity index (χ0n) is 22.4. The molecule has 2 atom stereocenters. The standard InChI is InChI=1S/C29H33Br2N3O4S/c1-5-21(3)32-29(36)22(4)33(18-23-7-6-8-25(31)17-23)28(35)19-34(26-13-11-24(30)12-14-26)39(37,38)27-15-9-20(2)10-16-27/h6-17,21-22H,5,18-19H2,1-4H3,(H,32,36)/t21-,22+/m1/s1. The number of anilines is 1. The Morgan fingerprint density at radius 2 is 1.56 bits per heavy atom. The molecule has 208 valence electrons. The lowest BCUT2D eigenvalue weighted by Crippen LogP contribution is -2.52. The molecular weight excluding hydrogens is 646 g/mol. The fourth-order valence-corrected chi connectivity index (χ4v) is 5.98. The molecule has 7 nitrogen and oxygen atoms in total. The molecule has 0 bridgehead atoms. The van der Waals surface area contributed by atoms with Crippen molar-refractivity contribution in [2.45, 2.75) is 57.6 Å². The summed E-state index contributed by atoms with van der Waals surface area (Å²) >= 11 is 6.84. The summed E-state index contributed by atoms with van der Waals surface area (Å²) in [5.41, 5.74) is 2.06. The van der Waals surface area contributed by atoms with Crippen LogP contribution in [0.4, 0.5) is 5.69 Å². The van der Waals surface area contributed by atoms with Crippen molar-refractivity contribution in [2.75, 3.05) is 10.8 Å². The quantitative estimate of drug-likeness (QED) is 0.268. The molecule has 0 spiro atoms. The minimum absolute atomic E-state index is 0.0658. The number of hydrogen-bond donors (Lipinski definition) is 1. The highest BCUT2D eigenvalue weighted by atomic mass is 79.9. The summed E-state index contributed by atoms with van der Waals surface area (Å²) in [6, 6.07) is 19.8. The Balaban J connectivity index is 2.02. The fourth-order valence-electron chi connectivity index (χ4n) is 3.85. The topological polar surface area (TPSA) is 86.8 Å². The van der Waals surface area contributed by atoms with Gasteiger partial charge in [-0.3, -0.25) is 13.9 Å². The molecule has 10 heteroatoms. The minimum Gasteiger partial charge on any atom is -0.352 e. The van der Waals surface area contributed by atoms with Crippen molar-refractivity contribution < 1.29 is 18.0 Å². The fraction of sp³-hybridized carbons (Fsp3) is 0.310. The van der Waals surface area contributed by atoms with E-state index >= 15 is 0 Å². The highest BCUT2D eigenvalue weighted by molar-refractivity contribution is 9.10. The first-order valence-corrected chi connectivity index (χ1v) is 15.6. The summed E-state index contributed by atoms with van der Waals surface area (Å²) in [4.78, 5) is 28.5. The van der Waals surface area contributed by atoms with Crippen LogP contribution in [0.2, 0.25) is 0 Å². The number of aryl methyl sites for hydroxylation is 1. The van der Waals surface area contributed by atoms with E-state index in [4.69, 9.17) is 0 Å². The lowest BCUT2D eigenvalue weighted by Gasteiger charge is -2.32. The van der Waals surface area contributed by atoms with Crippen LogP contribution < -0.4 is 9.62 Å². The van der Waals surface area contributed by atoms with Crippen LogP contribution in [0.5, 0.6) is 0 Å². The SMILES string of the molecule is CC[C@@H](C)NC(=O)[C@H](C)N(Cc1cccc(Br)c1)C(=O)CN(c1ccc(Br)cc1)S(=O)(=O)c1ccc(C)cc1. The number of sulfonamides is 1. The van der Waals surface area contributed by atoms with E-state index < -0.39 is 28.5 Å². The molecule has 3 aromatic carbocycles. The van der Waals surface area contributed by atoms with Gasteiger partial charge in [0.05, 0.1) is 10.6 Å². The van der Waals surface area contributed by atoms with E-state index in [1.807, 2.05) is 45.0 Å². The Morgan fingerprint density at radius 1 is 0.923 bits per heavy atom. The molecule has 1 N–H and O–H groups in total. The summed E-state index contributed by atoms with van der Waals surface area (Å²) in [6.45, 7) is 7.05. The van der Waals surface area contributed by atoms with Gasteiger partial charge in [0.2, 0.25) is 11.8 Å². The van der Waals surface area contributed by atoms with Crippen LogP contribution in [0.1, 0.15) is 38.3 Å². The third kappa shape index (κ3) is 8.16. The maximum Gasteiger partial charge on any atom is 0.264 e. The van der Waals surface area contributed by atoms with Crippen molar-refractivity contribution in [2.24, 2.45) is 0 Å². The van der Waals surface area contributed by atoms with Crippen molar-refractivity contribution in [3.05, 3.63) is 92.9 Å². The zero-order valence-corrected chi connectivity index (χ0v) is 26.4. The molecule has 0 saturated carbocycles. The summed E-state index contributed by atoms with van der Waals surface area (Å²) in [5.74, 6) is -0.801. The molecule has 0 saturated heterocycles. The van der Waals surface area contributed by atoms with Crippen LogP contribution in [0.25, 0.3) is 0 Å². The van der Waals surface area contributed by atoms with Crippen molar-refractivity contribution in [1.29, 1.82) is 0 Å². The molecule has 0 aromatic heterocycles. The third-order valence-corrected chi connectivity index (χ3v) is 9.22. The lowest BCUT2D eigenvalue weighted by atomic mass is 10.1. The van der Waals surface area contributed by atoms with Gasteiger partial charge in [-0.15, -0.1) is 0 Å². The Hall–Kier alpha value is -2.69. The van der Waals surface area contributed by atoms with Crippen LogP contribution in [0, 0.1) is 6.92 Å². The van der Waals surface area contributed by atoms with Crippen molar-refractivity contribution in [3.63, 3.8) is 0 Å². The average molecular weight is 679 g/mol. The van der Waals surface area contributed by atoms with E-state index in [1.54, 1.807) is 43.3 Å². The number of halogens is 2. The van der Waals surface area contributed by atoms with Gasteiger partial charge < -0.3 is 10.2 Å². The lowest BCUT2D eigenvalue weighted by molar-refractivity contribution is -0.139. The van der Waals surface area contributed by atoms with Crippen molar-refractivity contribution >= 4 is 59.4 Å². The van der Waals surface area contributed by atoms with E-state index in [-0.39, 0.29) is 23.4 Å². The van der Waals surface area contributed by atoms with Gasteiger partial charge in [0, 0.05) is 21.5 Å². The highest BCUT2D eigenvalue weighted by Gasteiger charge is 2.32. The Kier molecular flexibility index (Phi) is 10.7. The maximum absolute atomic E-state index is 13.9. The summed E-state index contributed by atoms with van der Waals surface area (Å²) < 4.78 is 30.4. The van der Waals surface area contributed by atoms with E-state index in [9.17, 15) is 18.0 Å². The van der Waals surface area contributed by atoms with Gasteiger partial charge in [0.25, 0.3) is 10.0 Å². The van der Waals surface area contributed by atoms with Crippen molar-refractivity contribution in [3.8, 4) is 0 Å².